The van der Waals surface area contributed by atoms with E-state index in [0.29, 0.717) is 10.6 Å². The molecule has 84 valence electrons. The van der Waals surface area contributed by atoms with E-state index in [1.54, 1.807) is 6.07 Å². The third-order valence-electron chi connectivity index (χ3n) is 3.00. The highest BCUT2D eigenvalue weighted by atomic mass is 35.5. The van der Waals surface area contributed by atoms with E-state index < -0.39 is 0 Å². The van der Waals surface area contributed by atoms with Crippen molar-refractivity contribution in [2.75, 3.05) is 19.6 Å². The van der Waals surface area contributed by atoms with Crippen molar-refractivity contribution in [2.24, 2.45) is 0 Å². The molecule has 1 aromatic carbocycles. The van der Waals surface area contributed by atoms with E-state index in [2.05, 4.69) is 11.0 Å². The van der Waals surface area contributed by atoms with Crippen LogP contribution >= 0.6 is 11.6 Å². The first-order chi connectivity index (χ1) is 7.78. The molecule has 0 bridgehead atoms. The molecule has 0 aliphatic carbocycles. The van der Waals surface area contributed by atoms with Gasteiger partial charge in [-0.2, -0.15) is 5.26 Å². The molecule has 1 aliphatic rings. The number of hydrogen-bond acceptors (Lipinski definition) is 2. The summed E-state index contributed by atoms with van der Waals surface area (Å²) in [6.07, 6.45) is 3.62. The van der Waals surface area contributed by atoms with Gasteiger partial charge in [0.25, 0.3) is 0 Å². The van der Waals surface area contributed by atoms with Crippen molar-refractivity contribution in [3.63, 3.8) is 0 Å². The van der Waals surface area contributed by atoms with Gasteiger partial charge < -0.3 is 4.90 Å². The molecule has 0 saturated carbocycles. The summed E-state index contributed by atoms with van der Waals surface area (Å²) in [6.45, 7) is 3.50. The quantitative estimate of drug-likeness (QED) is 0.804. The molecule has 1 aromatic rings. The zero-order valence-electron chi connectivity index (χ0n) is 9.25. The maximum atomic E-state index is 8.85. The van der Waals surface area contributed by atoms with E-state index in [9.17, 15) is 0 Å². The summed E-state index contributed by atoms with van der Waals surface area (Å²) >= 11 is 5.96. The summed E-state index contributed by atoms with van der Waals surface area (Å²) in [4.78, 5) is 2.47. The van der Waals surface area contributed by atoms with Gasteiger partial charge in [-0.15, -0.1) is 0 Å². The first-order valence-corrected chi connectivity index (χ1v) is 6.07. The molecule has 16 heavy (non-hydrogen) atoms. The molecule has 1 aliphatic heterocycles. The van der Waals surface area contributed by atoms with E-state index in [-0.39, 0.29) is 0 Å². The van der Waals surface area contributed by atoms with Crippen LogP contribution in [0.3, 0.4) is 0 Å². The second-order valence-corrected chi connectivity index (χ2v) is 4.70. The minimum atomic E-state index is 0.656. The van der Waals surface area contributed by atoms with Gasteiger partial charge in [-0.25, -0.2) is 0 Å². The number of rotatable bonds is 3. The van der Waals surface area contributed by atoms with Gasteiger partial charge in [-0.3, -0.25) is 0 Å². The molecule has 0 atom stereocenters. The van der Waals surface area contributed by atoms with Crippen LogP contribution in [0, 0.1) is 11.3 Å². The standard InChI is InChI=1S/C13H15ClN2/c14-13-8-11(7-12(9-13)10-15)3-6-16-4-1-2-5-16/h7-9H,1-6H2. The van der Waals surface area contributed by atoms with E-state index in [1.807, 2.05) is 12.1 Å². The molecule has 0 spiro atoms. The van der Waals surface area contributed by atoms with E-state index in [4.69, 9.17) is 16.9 Å². The highest BCUT2D eigenvalue weighted by Gasteiger charge is 2.11. The van der Waals surface area contributed by atoms with Gasteiger partial charge in [0.1, 0.15) is 0 Å². The lowest BCUT2D eigenvalue weighted by Crippen LogP contribution is -2.21. The van der Waals surface area contributed by atoms with Gasteiger partial charge in [0.15, 0.2) is 0 Å². The van der Waals surface area contributed by atoms with Crippen LogP contribution in [0.1, 0.15) is 24.0 Å². The molecule has 3 heteroatoms. The Bertz CT molecular complexity index is 403. The predicted octanol–water partition coefficient (Wildman–Crippen LogP) is 2.85. The summed E-state index contributed by atoms with van der Waals surface area (Å²) in [6, 6.07) is 7.74. The lowest BCUT2D eigenvalue weighted by atomic mass is 10.1. The van der Waals surface area contributed by atoms with Gasteiger partial charge in [-0.05, 0) is 56.1 Å². The predicted molar refractivity (Wildman–Crippen MR) is 65.5 cm³/mol. The molecule has 1 fully saturated rings. The molecular formula is C13H15ClN2. The van der Waals surface area contributed by atoms with Gasteiger partial charge in [0.05, 0.1) is 11.6 Å². The second-order valence-electron chi connectivity index (χ2n) is 4.26. The van der Waals surface area contributed by atoms with E-state index in [1.165, 1.54) is 25.9 Å². The third kappa shape index (κ3) is 2.98. The number of nitrogens with zero attached hydrogens (tertiary/aromatic N) is 2. The van der Waals surface area contributed by atoms with Crippen LogP contribution in [-0.4, -0.2) is 24.5 Å². The maximum Gasteiger partial charge on any atom is 0.0992 e. The van der Waals surface area contributed by atoms with Crippen LogP contribution < -0.4 is 0 Å². The van der Waals surface area contributed by atoms with Crippen molar-refractivity contribution in [1.82, 2.24) is 4.90 Å². The monoisotopic (exact) mass is 234 g/mol. The Morgan fingerprint density at radius 2 is 2.00 bits per heavy atom. The first-order valence-electron chi connectivity index (χ1n) is 5.70. The molecule has 2 nitrogen and oxygen atoms in total. The maximum absolute atomic E-state index is 8.85. The second kappa shape index (κ2) is 5.34. The average Bonchev–Trinajstić information content (AvgIpc) is 2.78. The Morgan fingerprint density at radius 3 is 2.69 bits per heavy atom. The summed E-state index contributed by atoms with van der Waals surface area (Å²) in [7, 11) is 0. The molecule has 0 amide bonds. The van der Waals surface area contributed by atoms with Crippen LogP contribution in [0.5, 0.6) is 0 Å². The minimum Gasteiger partial charge on any atom is -0.303 e. The summed E-state index contributed by atoms with van der Waals surface area (Å²) in [5.74, 6) is 0. The summed E-state index contributed by atoms with van der Waals surface area (Å²) in [5, 5.41) is 9.51. The first kappa shape index (κ1) is 11.4. The van der Waals surface area contributed by atoms with Gasteiger partial charge in [0.2, 0.25) is 0 Å². The van der Waals surface area contributed by atoms with Crippen LogP contribution in [-0.2, 0) is 6.42 Å². The normalized spacial score (nSPS) is 16.2. The topological polar surface area (TPSA) is 27.0 Å². The van der Waals surface area contributed by atoms with Gasteiger partial charge >= 0.3 is 0 Å². The van der Waals surface area contributed by atoms with Crippen molar-refractivity contribution in [3.8, 4) is 6.07 Å². The molecule has 0 radical (unpaired) electrons. The van der Waals surface area contributed by atoms with Crippen molar-refractivity contribution in [3.05, 3.63) is 34.3 Å². The number of halogens is 1. The minimum absolute atomic E-state index is 0.656. The van der Waals surface area contributed by atoms with Crippen molar-refractivity contribution < 1.29 is 0 Å². The van der Waals surface area contributed by atoms with E-state index in [0.717, 1.165) is 18.5 Å². The van der Waals surface area contributed by atoms with Gasteiger partial charge in [-0.1, -0.05) is 11.6 Å². The summed E-state index contributed by atoms with van der Waals surface area (Å²) in [5.41, 5.74) is 1.82. The molecule has 1 saturated heterocycles. The molecule has 2 rings (SSSR count). The molecule has 0 N–H and O–H groups in total. The van der Waals surface area contributed by atoms with Crippen LogP contribution in [0.25, 0.3) is 0 Å². The Balaban J connectivity index is 1.98. The third-order valence-corrected chi connectivity index (χ3v) is 3.22. The fourth-order valence-electron chi connectivity index (χ4n) is 2.15. The number of nitriles is 1. The van der Waals surface area contributed by atoms with Crippen molar-refractivity contribution >= 4 is 11.6 Å². The molecule has 0 unspecified atom stereocenters. The average molecular weight is 235 g/mol. The number of hydrogen-bond donors (Lipinski definition) is 0. The Hall–Kier alpha value is -1.04. The molecule has 0 aromatic heterocycles. The summed E-state index contributed by atoms with van der Waals surface area (Å²) < 4.78 is 0. The zero-order chi connectivity index (χ0) is 11.4. The largest absolute Gasteiger partial charge is 0.303 e. The van der Waals surface area contributed by atoms with Gasteiger partial charge in [0, 0.05) is 11.6 Å². The van der Waals surface area contributed by atoms with Crippen molar-refractivity contribution in [2.45, 2.75) is 19.3 Å². The number of likely N-dealkylation sites (tertiary alicyclic amines) is 1. The van der Waals surface area contributed by atoms with Crippen LogP contribution in [0.2, 0.25) is 5.02 Å². The number of benzene rings is 1. The molecule has 1 heterocycles. The van der Waals surface area contributed by atoms with Crippen LogP contribution in [0.4, 0.5) is 0 Å². The fraction of sp³-hybridized carbons (Fsp3) is 0.462. The zero-order valence-corrected chi connectivity index (χ0v) is 10.0. The fourth-order valence-corrected chi connectivity index (χ4v) is 2.41. The smallest absolute Gasteiger partial charge is 0.0992 e. The SMILES string of the molecule is N#Cc1cc(Cl)cc(CCN2CCCC2)c1. The Kier molecular flexibility index (Phi) is 3.82. The highest BCUT2D eigenvalue weighted by molar-refractivity contribution is 6.30. The highest BCUT2D eigenvalue weighted by Crippen LogP contribution is 2.16. The molecular weight excluding hydrogens is 220 g/mol. The van der Waals surface area contributed by atoms with E-state index >= 15 is 0 Å². The Labute approximate surface area is 101 Å². The Morgan fingerprint density at radius 1 is 1.25 bits per heavy atom. The van der Waals surface area contributed by atoms with Crippen LogP contribution in [0.15, 0.2) is 18.2 Å². The van der Waals surface area contributed by atoms with Crippen molar-refractivity contribution in [1.29, 1.82) is 5.26 Å². The lowest BCUT2D eigenvalue weighted by Gasteiger charge is -2.14. The lowest BCUT2D eigenvalue weighted by molar-refractivity contribution is 0.343.